The summed E-state index contributed by atoms with van der Waals surface area (Å²) in [6.45, 7) is 5.31. The van der Waals surface area contributed by atoms with E-state index in [4.69, 9.17) is 14.6 Å². The molecule has 0 radical (unpaired) electrons. The molecule has 0 bridgehead atoms. The molecule has 2 aliphatic heterocycles. The van der Waals surface area contributed by atoms with E-state index < -0.39 is 0 Å². The molecular formula is C21H28N4O3. The molecule has 1 atom stereocenters. The molecule has 2 aliphatic rings. The number of rotatable bonds is 5. The monoisotopic (exact) mass is 384 g/mol. The first kappa shape index (κ1) is 19.1. The van der Waals surface area contributed by atoms with Gasteiger partial charge in [-0.3, -0.25) is 14.5 Å². The second-order valence-electron chi connectivity index (χ2n) is 7.53. The molecule has 2 aromatic heterocycles. The zero-order valence-electron chi connectivity index (χ0n) is 16.7. The van der Waals surface area contributed by atoms with Gasteiger partial charge >= 0.3 is 0 Å². The van der Waals surface area contributed by atoms with Gasteiger partial charge < -0.3 is 14.4 Å². The molecule has 1 fully saturated rings. The Balaban J connectivity index is 1.68. The molecule has 4 rings (SSSR count). The molecule has 0 N–H and O–H groups in total. The van der Waals surface area contributed by atoms with E-state index in [1.807, 2.05) is 17.9 Å². The molecule has 4 heterocycles. The van der Waals surface area contributed by atoms with Crippen LogP contribution in [0.15, 0.2) is 18.3 Å². The van der Waals surface area contributed by atoms with E-state index >= 15 is 0 Å². The number of carbonyl (C=O) groups is 1. The smallest absolute Gasteiger partial charge is 0.254 e. The van der Waals surface area contributed by atoms with Crippen LogP contribution in [0.3, 0.4) is 0 Å². The number of carbonyl (C=O) groups excluding carboxylic acids is 1. The zero-order chi connectivity index (χ0) is 19.5. The number of aromatic nitrogens is 3. The average molecular weight is 384 g/mol. The molecule has 0 aliphatic carbocycles. The number of ether oxygens (including phenoxy) is 2. The average Bonchev–Trinajstić information content (AvgIpc) is 3.10. The summed E-state index contributed by atoms with van der Waals surface area (Å²) in [6.07, 6.45) is 5.62. The number of amides is 1. The summed E-state index contributed by atoms with van der Waals surface area (Å²) in [7, 11) is 1.71. The molecule has 1 unspecified atom stereocenters. The van der Waals surface area contributed by atoms with Crippen molar-refractivity contribution in [2.45, 2.75) is 51.8 Å². The van der Waals surface area contributed by atoms with Crippen molar-refractivity contribution in [1.29, 1.82) is 0 Å². The van der Waals surface area contributed by atoms with Crippen LogP contribution in [-0.4, -0.2) is 52.4 Å². The molecule has 0 spiro atoms. The van der Waals surface area contributed by atoms with Crippen LogP contribution in [0.25, 0.3) is 0 Å². The summed E-state index contributed by atoms with van der Waals surface area (Å²) >= 11 is 0. The fourth-order valence-electron chi connectivity index (χ4n) is 4.27. The molecule has 0 saturated carbocycles. The summed E-state index contributed by atoms with van der Waals surface area (Å²) < 4.78 is 13.1. The van der Waals surface area contributed by atoms with Crippen molar-refractivity contribution in [3.8, 4) is 0 Å². The van der Waals surface area contributed by atoms with Gasteiger partial charge in [0.1, 0.15) is 0 Å². The van der Waals surface area contributed by atoms with Gasteiger partial charge in [0.05, 0.1) is 38.1 Å². The van der Waals surface area contributed by atoms with Crippen LogP contribution in [0.5, 0.6) is 0 Å². The van der Waals surface area contributed by atoms with E-state index in [1.54, 1.807) is 19.4 Å². The van der Waals surface area contributed by atoms with Crippen molar-refractivity contribution in [3.05, 3.63) is 46.5 Å². The molecule has 150 valence electrons. The molecule has 1 amide bonds. The van der Waals surface area contributed by atoms with Gasteiger partial charge in [-0.05, 0) is 38.3 Å². The summed E-state index contributed by atoms with van der Waals surface area (Å²) in [5.41, 5.74) is 4.95. The third-order valence-corrected chi connectivity index (χ3v) is 5.66. The highest BCUT2D eigenvalue weighted by atomic mass is 16.5. The normalized spacial score (nSPS) is 19.5. The van der Waals surface area contributed by atoms with E-state index in [2.05, 4.69) is 9.67 Å². The lowest BCUT2D eigenvalue weighted by atomic mass is 9.94. The van der Waals surface area contributed by atoms with E-state index in [1.165, 1.54) is 5.69 Å². The first-order valence-electron chi connectivity index (χ1n) is 10.1. The lowest BCUT2D eigenvalue weighted by Crippen LogP contribution is -2.39. The predicted octanol–water partition coefficient (Wildman–Crippen LogP) is 2.67. The van der Waals surface area contributed by atoms with E-state index in [0.29, 0.717) is 25.4 Å². The van der Waals surface area contributed by atoms with Gasteiger partial charge in [0.25, 0.3) is 5.91 Å². The van der Waals surface area contributed by atoms with Crippen LogP contribution >= 0.6 is 0 Å². The van der Waals surface area contributed by atoms with Crippen LogP contribution in [0.4, 0.5) is 0 Å². The fourth-order valence-corrected chi connectivity index (χ4v) is 4.27. The minimum atomic E-state index is -0.00559. The van der Waals surface area contributed by atoms with Gasteiger partial charge in [-0.2, -0.15) is 5.10 Å². The van der Waals surface area contributed by atoms with E-state index in [0.717, 1.165) is 55.7 Å². The van der Waals surface area contributed by atoms with Crippen molar-refractivity contribution in [3.63, 3.8) is 0 Å². The lowest BCUT2D eigenvalue weighted by molar-refractivity contribution is 0.0596. The number of fused-ring (bicyclic) bond motifs is 1. The summed E-state index contributed by atoms with van der Waals surface area (Å²) in [5, 5.41) is 4.95. The molecular weight excluding hydrogens is 356 g/mol. The van der Waals surface area contributed by atoms with Gasteiger partial charge in [0.2, 0.25) is 0 Å². The topological polar surface area (TPSA) is 69.5 Å². The maximum atomic E-state index is 13.3. The Labute approximate surface area is 165 Å². The molecule has 2 aromatic rings. The van der Waals surface area contributed by atoms with Gasteiger partial charge in [-0.25, -0.2) is 0 Å². The van der Waals surface area contributed by atoms with Crippen LogP contribution in [0, 0.1) is 6.92 Å². The van der Waals surface area contributed by atoms with Gasteiger partial charge in [0, 0.05) is 48.8 Å². The third kappa shape index (κ3) is 3.69. The second-order valence-corrected chi connectivity index (χ2v) is 7.53. The van der Waals surface area contributed by atoms with Crippen molar-refractivity contribution in [1.82, 2.24) is 19.7 Å². The van der Waals surface area contributed by atoms with Crippen molar-refractivity contribution >= 4 is 5.91 Å². The van der Waals surface area contributed by atoms with Crippen LogP contribution in [0.2, 0.25) is 0 Å². The Kier molecular flexibility index (Phi) is 5.73. The van der Waals surface area contributed by atoms with Crippen LogP contribution < -0.4 is 0 Å². The largest absolute Gasteiger partial charge is 0.383 e. The quantitative estimate of drug-likeness (QED) is 0.793. The van der Waals surface area contributed by atoms with E-state index in [-0.39, 0.29) is 11.9 Å². The molecule has 7 heteroatoms. The Hall–Kier alpha value is -2.25. The number of hydrogen-bond donors (Lipinski definition) is 0. The maximum Gasteiger partial charge on any atom is 0.254 e. The second kappa shape index (κ2) is 8.41. The highest BCUT2D eigenvalue weighted by Crippen LogP contribution is 2.36. The maximum absolute atomic E-state index is 13.3. The summed E-state index contributed by atoms with van der Waals surface area (Å²) in [5.74, 6) is 0.0621. The Morgan fingerprint density at radius 2 is 2.29 bits per heavy atom. The van der Waals surface area contributed by atoms with Crippen LogP contribution in [0.1, 0.15) is 58.3 Å². The molecule has 7 nitrogen and oxygen atoms in total. The van der Waals surface area contributed by atoms with Gasteiger partial charge in [-0.1, -0.05) is 0 Å². The molecule has 28 heavy (non-hydrogen) atoms. The summed E-state index contributed by atoms with van der Waals surface area (Å²) in [4.78, 5) is 19.5. The first-order chi connectivity index (χ1) is 13.7. The highest BCUT2D eigenvalue weighted by Gasteiger charge is 2.34. The number of methoxy groups -OCH3 is 1. The number of pyridine rings is 1. The van der Waals surface area contributed by atoms with E-state index in [9.17, 15) is 4.79 Å². The summed E-state index contributed by atoms with van der Waals surface area (Å²) in [6, 6.07) is 3.66. The minimum Gasteiger partial charge on any atom is -0.383 e. The molecule has 1 saturated heterocycles. The number of nitrogens with zero attached hydrogens (tertiary/aromatic N) is 4. The first-order valence-corrected chi connectivity index (χ1v) is 10.1. The number of piperidine rings is 1. The lowest BCUT2D eigenvalue weighted by Gasteiger charge is -2.35. The van der Waals surface area contributed by atoms with Gasteiger partial charge in [-0.15, -0.1) is 0 Å². The third-order valence-electron chi connectivity index (χ3n) is 5.66. The SMILES string of the molecule is COCCn1nc(C2CCCCN2C(=O)c2ccnc(C)c2)c2c1CCOC2. The van der Waals surface area contributed by atoms with Crippen molar-refractivity contribution in [2.75, 3.05) is 26.9 Å². The Bertz CT molecular complexity index is 848. The van der Waals surface area contributed by atoms with Crippen LogP contribution in [-0.2, 0) is 29.0 Å². The zero-order valence-corrected chi connectivity index (χ0v) is 16.7. The number of hydrogen-bond acceptors (Lipinski definition) is 5. The fraction of sp³-hybridized carbons (Fsp3) is 0.571. The van der Waals surface area contributed by atoms with Crippen molar-refractivity contribution < 1.29 is 14.3 Å². The standard InChI is InChI=1S/C21H28N4O3/c1-15-13-16(6-8-22-15)21(26)24-9-4-3-5-19(24)20-17-14-28-11-7-18(17)25(23-20)10-12-27-2/h6,8,13,19H,3-5,7,9-12,14H2,1-2H3. The van der Waals surface area contributed by atoms with Crippen molar-refractivity contribution in [2.24, 2.45) is 0 Å². The Morgan fingerprint density at radius 3 is 3.11 bits per heavy atom. The number of aryl methyl sites for hydroxylation is 1. The highest BCUT2D eigenvalue weighted by molar-refractivity contribution is 5.94. The molecule has 0 aromatic carbocycles. The minimum absolute atomic E-state index is 0.00559. The Morgan fingerprint density at radius 1 is 1.39 bits per heavy atom. The number of likely N-dealkylation sites (tertiary alicyclic amines) is 1. The van der Waals surface area contributed by atoms with Gasteiger partial charge in [0.15, 0.2) is 0 Å². The predicted molar refractivity (Wildman–Crippen MR) is 104 cm³/mol.